The predicted molar refractivity (Wildman–Crippen MR) is 107 cm³/mol. The summed E-state index contributed by atoms with van der Waals surface area (Å²) < 4.78 is 40.2. The normalized spacial score (nSPS) is 11.1. The highest BCUT2D eigenvalue weighted by molar-refractivity contribution is 7.92. The van der Waals surface area contributed by atoms with Crippen LogP contribution in [0.5, 0.6) is 0 Å². The molecule has 0 saturated carbocycles. The number of carboxylic acids is 1. The fourth-order valence-corrected chi connectivity index (χ4v) is 3.77. The van der Waals surface area contributed by atoms with E-state index in [-0.39, 0.29) is 22.0 Å². The number of aromatic nitrogens is 1. The van der Waals surface area contributed by atoms with E-state index in [4.69, 9.17) is 0 Å². The Kier molecular flexibility index (Phi) is 5.79. The first-order valence-corrected chi connectivity index (χ1v) is 10.0. The van der Waals surface area contributed by atoms with Gasteiger partial charge in [0, 0.05) is 13.6 Å². The molecule has 1 aromatic heterocycles. The van der Waals surface area contributed by atoms with Crippen LogP contribution in [0, 0.1) is 5.82 Å². The lowest BCUT2D eigenvalue weighted by Crippen LogP contribution is -2.21. The van der Waals surface area contributed by atoms with Gasteiger partial charge in [-0.25, -0.2) is 22.6 Å². The number of nitrogens with zero attached hydrogens (tertiary/aromatic N) is 2. The van der Waals surface area contributed by atoms with Crippen LogP contribution in [-0.4, -0.2) is 31.5 Å². The number of carboxylic acid groups (broad SMARTS) is 1. The Bertz CT molecular complexity index is 1120. The average Bonchev–Trinajstić information content (AvgIpc) is 2.68. The second-order valence-corrected chi connectivity index (χ2v) is 7.98. The number of hydrogen-bond donors (Lipinski definition) is 2. The van der Waals surface area contributed by atoms with Crippen LogP contribution in [0.4, 0.5) is 15.9 Å². The van der Waals surface area contributed by atoms with Gasteiger partial charge in [0.25, 0.3) is 10.0 Å². The number of halogens is 1. The largest absolute Gasteiger partial charge is 0.478 e. The molecule has 3 aromatic rings. The van der Waals surface area contributed by atoms with Crippen LogP contribution < -0.4 is 9.62 Å². The van der Waals surface area contributed by atoms with Gasteiger partial charge in [0.05, 0.1) is 16.8 Å². The van der Waals surface area contributed by atoms with Crippen LogP contribution in [0.3, 0.4) is 0 Å². The Morgan fingerprint density at radius 2 is 1.79 bits per heavy atom. The number of benzene rings is 2. The van der Waals surface area contributed by atoms with Crippen molar-refractivity contribution in [3.63, 3.8) is 0 Å². The molecule has 0 fully saturated rings. The zero-order chi connectivity index (χ0) is 21.0. The predicted octanol–water partition coefficient (Wildman–Crippen LogP) is 3.36. The Hall–Kier alpha value is -3.46. The summed E-state index contributed by atoms with van der Waals surface area (Å²) in [4.78, 5) is 17.4. The first-order valence-electron chi connectivity index (χ1n) is 8.53. The lowest BCUT2D eigenvalue weighted by molar-refractivity contribution is 0.0697. The Balaban J connectivity index is 1.87. The molecule has 29 heavy (non-hydrogen) atoms. The first kappa shape index (κ1) is 20.3. The van der Waals surface area contributed by atoms with Crippen molar-refractivity contribution in [1.82, 2.24) is 4.98 Å². The van der Waals surface area contributed by atoms with Crippen molar-refractivity contribution in [1.29, 1.82) is 0 Å². The van der Waals surface area contributed by atoms with Gasteiger partial charge in [-0.2, -0.15) is 0 Å². The second kappa shape index (κ2) is 8.27. The molecule has 0 amide bonds. The number of pyridine rings is 1. The molecule has 0 spiro atoms. The molecule has 150 valence electrons. The van der Waals surface area contributed by atoms with Gasteiger partial charge >= 0.3 is 5.97 Å². The highest BCUT2D eigenvalue weighted by Crippen LogP contribution is 2.24. The maximum absolute atomic E-state index is 13.0. The van der Waals surface area contributed by atoms with Crippen LogP contribution in [0.2, 0.25) is 0 Å². The lowest BCUT2D eigenvalue weighted by Gasteiger charge is -2.20. The number of anilines is 2. The van der Waals surface area contributed by atoms with Crippen molar-refractivity contribution in [2.75, 3.05) is 16.7 Å². The van der Waals surface area contributed by atoms with Crippen LogP contribution in [0.1, 0.15) is 15.9 Å². The highest BCUT2D eigenvalue weighted by atomic mass is 32.2. The molecular formula is C20H18FN3O4S. The fraction of sp³-hybridized carbons (Fsp3) is 0.100. The van der Waals surface area contributed by atoms with E-state index in [1.54, 1.807) is 11.9 Å². The molecule has 0 saturated heterocycles. The van der Waals surface area contributed by atoms with Gasteiger partial charge < -0.3 is 10.0 Å². The molecule has 0 aliphatic carbocycles. The van der Waals surface area contributed by atoms with Crippen molar-refractivity contribution >= 4 is 27.5 Å². The minimum absolute atomic E-state index is 0.0106. The summed E-state index contributed by atoms with van der Waals surface area (Å²) in [5, 5.41) is 9.57. The molecule has 0 aliphatic heterocycles. The third-order valence-electron chi connectivity index (χ3n) is 4.10. The summed E-state index contributed by atoms with van der Waals surface area (Å²) in [7, 11) is -2.32. The maximum atomic E-state index is 13.0. The monoisotopic (exact) mass is 415 g/mol. The molecule has 2 N–H and O–H groups in total. The molecular weight excluding hydrogens is 397 g/mol. The third-order valence-corrected chi connectivity index (χ3v) is 5.49. The van der Waals surface area contributed by atoms with Crippen molar-refractivity contribution < 1.29 is 22.7 Å². The van der Waals surface area contributed by atoms with Crippen molar-refractivity contribution in [3.8, 4) is 0 Å². The number of sulfonamides is 1. The molecule has 0 bridgehead atoms. The van der Waals surface area contributed by atoms with Gasteiger partial charge in [-0.15, -0.1) is 0 Å². The number of rotatable bonds is 7. The van der Waals surface area contributed by atoms with Crippen LogP contribution in [0.15, 0.2) is 71.8 Å². The van der Waals surface area contributed by atoms with Crippen LogP contribution >= 0.6 is 0 Å². The molecule has 9 heteroatoms. The quantitative estimate of drug-likeness (QED) is 0.614. The molecule has 0 atom stereocenters. The zero-order valence-corrected chi connectivity index (χ0v) is 16.2. The van der Waals surface area contributed by atoms with E-state index in [2.05, 4.69) is 9.71 Å². The number of hydrogen-bond acceptors (Lipinski definition) is 5. The third kappa shape index (κ3) is 4.88. The molecule has 2 aromatic carbocycles. The molecule has 0 unspecified atom stereocenters. The van der Waals surface area contributed by atoms with E-state index in [0.29, 0.717) is 6.54 Å². The number of carbonyl (C=O) groups is 1. The van der Waals surface area contributed by atoms with Crippen LogP contribution in [-0.2, 0) is 16.6 Å². The van der Waals surface area contributed by atoms with E-state index in [9.17, 15) is 22.7 Å². The van der Waals surface area contributed by atoms with Gasteiger partial charge in [-0.3, -0.25) is 4.72 Å². The van der Waals surface area contributed by atoms with Gasteiger partial charge in [-0.1, -0.05) is 30.3 Å². The standard InChI is InChI=1S/C20H18FN3O4S/c1-24(13-14-5-3-2-4-6-14)19-18(20(25)26)11-16(12-22-19)23-29(27,28)17-9-7-15(21)8-10-17/h2-12,23H,13H2,1H3,(H,25,26). The van der Waals surface area contributed by atoms with E-state index in [0.717, 1.165) is 29.8 Å². The number of nitrogens with one attached hydrogen (secondary N) is 1. The zero-order valence-electron chi connectivity index (χ0n) is 15.4. The van der Waals surface area contributed by atoms with Gasteiger partial charge in [0.15, 0.2) is 0 Å². The van der Waals surface area contributed by atoms with Gasteiger partial charge in [-0.05, 0) is 35.9 Å². The molecule has 1 heterocycles. The summed E-state index contributed by atoms with van der Waals surface area (Å²) >= 11 is 0. The van der Waals surface area contributed by atoms with Crippen molar-refractivity contribution in [2.45, 2.75) is 11.4 Å². The Morgan fingerprint density at radius 1 is 1.14 bits per heavy atom. The molecule has 0 aliphatic rings. The Labute approximate surface area is 167 Å². The van der Waals surface area contributed by atoms with E-state index < -0.39 is 21.8 Å². The van der Waals surface area contributed by atoms with Gasteiger partial charge in [0.2, 0.25) is 0 Å². The Morgan fingerprint density at radius 3 is 2.41 bits per heavy atom. The highest BCUT2D eigenvalue weighted by Gasteiger charge is 2.20. The average molecular weight is 415 g/mol. The topological polar surface area (TPSA) is 99.6 Å². The minimum Gasteiger partial charge on any atom is -0.478 e. The molecule has 3 rings (SSSR count). The summed E-state index contributed by atoms with van der Waals surface area (Å²) in [5.41, 5.74) is 0.806. The van der Waals surface area contributed by atoms with Crippen molar-refractivity contribution in [3.05, 3.63) is 83.8 Å². The van der Waals surface area contributed by atoms with Gasteiger partial charge in [0.1, 0.15) is 17.2 Å². The fourth-order valence-electron chi connectivity index (χ4n) is 2.73. The van der Waals surface area contributed by atoms with E-state index in [1.165, 1.54) is 12.3 Å². The maximum Gasteiger partial charge on any atom is 0.339 e. The summed E-state index contributed by atoms with van der Waals surface area (Å²) in [6.07, 6.45) is 1.24. The summed E-state index contributed by atoms with van der Waals surface area (Å²) in [6, 6.07) is 14.9. The minimum atomic E-state index is -4.02. The SMILES string of the molecule is CN(Cc1ccccc1)c1ncc(NS(=O)(=O)c2ccc(F)cc2)cc1C(=O)O. The molecule has 0 radical (unpaired) electrons. The van der Waals surface area contributed by atoms with E-state index >= 15 is 0 Å². The smallest absolute Gasteiger partial charge is 0.339 e. The van der Waals surface area contributed by atoms with Crippen LogP contribution in [0.25, 0.3) is 0 Å². The summed E-state index contributed by atoms with van der Waals surface area (Å²) in [5.74, 6) is -1.61. The van der Waals surface area contributed by atoms with Crippen molar-refractivity contribution in [2.24, 2.45) is 0 Å². The summed E-state index contributed by atoms with van der Waals surface area (Å²) in [6.45, 7) is 0.425. The number of aromatic carboxylic acids is 1. The second-order valence-electron chi connectivity index (χ2n) is 6.30. The van der Waals surface area contributed by atoms with E-state index in [1.807, 2.05) is 30.3 Å². The lowest BCUT2D eigenvalue weighted by atomic mass is 10.2. The molecule has 7 nitrogen and oxygen atoms in total. The first-order chi connectivity index (χ1) is 13.8.